The summed E-state index contributed by atoms with van der Waals surface area (Å²) in [6.45, 7) is 4.47. The van der Waals surface area contributed by atoms with Crippen molar-refractivity contribution in [2.24, 2.45) is 0 Å². The van der Waals surface area contributed by atoms with Crippen molar-refractivity contribution in [2.75, 3.05) is 13.6 Å². The van der Waals surface area contributed by atoms with Gasteiger partial charge in [0.25, 0.3) is 0 Å². The number of rotatable bonds is 4. The van der Waals surface area contributed by atoms with Gasteiger partial charge in [-0.2, -0.15) is 0 Å². The van der Waals surface area contributed by atoms with Crippen LogP contribution in [0.4, 0.5) is 0 Å². The molecule has 0 amide bonds. The number of para-hydroxylation sites is 1. The van der Waals surface area contributed by atoms with E-state index in [0.717, 1.165) is 5.56 Å². The second-order valence-corrected chi connectivity index (χ2v) is 4.01. The summed E-state index contributed by atoms with van der Waals surface area (Å²) in [6.07, 6.45) is -0.659. The van der Waals surface area contributed by atoms with Crippen molar-refractivity contribution in [3.8, 4) is 5.75 Å². The van der Waals surface area contributed by atoms with Crippen LogP contribution < -0.4 is 5.32 Å². The lowest BCUT2D eigenvalue weighted by molar-refractivity contribution is 0.173. The van der Waals surface area contributed by atoms with Crippen LogP contribution >= 0.6 is 0 Å². The molecule has 1 rings (SSSR count). The van der Waals surface area contributed by atoms with Crippen LogP contribution in [0.3, 0.4) is 0 Å². The van der Waals surface area contributed by atoms with Crippen molar-refractivity contribution in [3.05, 3.63) is 29.3 Å². The summed E-state index contributed by atoms with van der Waals surface area (Å²) in [4.78, 5) is 0. The van der Waals surface area contributed by atoms with Crippen LogP contribution in [0.25, 0.3) is 0 Å². The number of hydrogen-bond donors (Lipinski definition) is 3. The normalized spacial score (nSPS) is 13.1. The van der Waals surface area contributed by atoms with E-state index in [4.69, 9.17) is 0 Å². The largest absolute Gasteiger partial charge is 0.507 e. The molecule has 3 heteroatoms. The molecule has 0 aliphatic rings. The summed E-state index contributed by atoms with van der Waals surface area (Å²) >= 11 is 0. The second-order valence-electron chi connectivity index (χ2n) is 4.01. The van der Waals surface area contributed by atoms with Gasteiger partial charge in [0, 0.05) is 12.1 Å². The fourth-order valence-electron chi connectivity index (χ4n) is 1.62. The van der Waals surface area contributed by atoms with E-state index < -0.39 is 6.10 Å². The van der Waals surface area contributed by atoms with Crippen molar-refractivity contribution in [3.63, 3.8) is 0 Å². The number of hydrogen-bond acceptors (Lipinski definition) is 3. The molecule has 84 valence electrons. The van der Waals surface area contributed by atoms with Gasteiger partial charge >= 0.3 is 0 Å². The van der Waals surface area contributed by atoms with Gasteiger partial charge in [0.05, 0.1) is 6.10 Å². The average Bonchev–Trinajstić information content (AvgIpc) is 2.17. The van der Waals surface area contributed by atoms with E-state index in [-0.39, 0.29) is 11.7 Å². The molecule has 0 bridgehead atoms. The fraction of sp³-hybridized carbons (Fsp3) is 0.500. The van der Waals surface area contributed by atoms with Gasteiger partial charge in [0.15, 0.2) is 0 Å². The zero-order valence-corrected chi connectivity index (χ0v) is 9.49. The quantitative estimate of drug-likeness (QED) is 0.708. The smallest absolute Gasteiger partial charge is 0.124 e. The zero-order chi connectivity index (χ0) is 11.4. The Bertz CT molecular complexity index is 323. The number of nitrogens with one attached hydrogen (secondary N) is 1. The Hall–Kier alpha value is -1.06. The molecule has 0 heterocycles. The molecule has 1 aromatic rings. The minimum absolute atomic E-state index is 0.218. The van der Waals surface area contributed by atoms with Crippen LogP contribution in [-0.4, -0.2) is 23.8 Å². The molecule has 0 aliphatic heterocycles. The van der Waals surface area contributed by atoms with Crippen LogP contribution in [0.2, 0.25) is 0 Å². The molecule has 0 fully saturated rings. The second kappa shape index (κ2) is 5.14. The average molecular weight is 209 g/mol. The Balaban J connectivity index is 3.03. The first kappa shape index (κ1) is 12.0. The summed E-state index contributed by atoms with van der Waals surface area (Å²) in [7, 11) is 1.77. The molecule has 0 aromatic heterocycles. The first-order valence-corrected chi connectivity index (χ1v) is 5.22. The number of aliphatic hydroxyl groups excluding tert-OH is 1. The van der Waals surface area contributed by atoms with Crippen LogP contribution in [0.15, 0.2) is 18.2 Å². The fourth-order valence-corrected chi connectivity index (χ4v) is 1.62. The van der Waals surface area contributed by atoms with Crippen molar-refractivity contribution in [1.29, 1.82) is 0 Å². The molecule has 0 spiro atoms. The topological polar surface area (TPSA) is 52.5 Å². The molecule has 15 heavy (non-hydrogen) atoms. The minimum atomic E-state index is -0.659. The Labute approximate surface area is 90.8 Å². The first-order valence-electron chi connectivity index (χ1n) is 5.22. The zero-order valence-electron chi connectivity index (χ0n) is 9.49. The van der Waals surface area contributed by atoms with Gasteiger partial charge in [-0.25, -0.2) is 0 Å². The van der Waals surface area contributed by atoms with Crippen LogP contribution in [0.1, 0.15) is 37.0 Å². The Kier molecular flexibility index (Phi) is 4.12. The molecule has 0 aliphatic carbocycles. The van der Waals surface area contributed by atoms with Crippen LogP contribution in [0.5, 0.6) is 5.75 Å². The predicted octanol–water partition coefficient (Wildman–Crippen LogP) is 1.77. The predicted molar refractivity (Wildman–Crippen MR) is 61.1 cm³/mol. The molecule has 1 unspecified atom stereocenters. The van der Waals surface area contributed by atoms with Crippen LogP contribution in [0, 0.1) is 0 Å². The standard InChI is InChI=1S/C12H19NO2/c1-8(2)9-5-4-6-10(12(9)15)11(14)7-13-3/h4-6,8,11,13-15H,7H2,1-3H3. The molecule has 0 radical (unpaired) electrons. The molecule has 0 saturated heterocycles. The number of aliphatic hydroxyl groups is 1. The van der Waals surface area contributed by atoms with Crippen LogP contribution in [-0.2, 0) is 0 Å². The number of benzene rings is 1. The molecular formula is C12H19NO2. The monoisotopic (exact) mass is 209 g/mol. The lowest BCUT2D eigenvalue weighted by Crippen LogP contribution is -2.17. The summed E-state index contributed by atoms with van der Waals surface area (Å²) in [5.74, 6) is 0.474. The maximum absolute atomic E-state index is 9.97. The molecule has 0 saturated carbocycles. The van der Waals surface area contributed by atoms with E-state index in [0.29, 0.717) is 12.1 Å². The van der Waals surface area contributed by atoms with Gasteiger partial charge in [0.1, 0.15) is 5.75 Å². The molecule has 3 nitrogen and oxygen atoms in total. The molecule has 3 N–H and O–H groups in total. The highest BCUT2D eigenvalue weighted by Crippen LogP contribution is 2.32. The van der Waals surface area contributed by atoms with Crippen molar-refractivity contribution < 1.29 is 10.2 Å². The van der Waals surface area contributed by atoms with E-state index in [1.165, 1.54) is 0 Å². The SMILES string of the molecule is CNCC(O)c1cccc(C(C)C)c1O. The third-order valence-electron chi connectivity index (χ3n) is 2.48. The van der Waals surface area contributed by atoms with Gasteiger partial charge in [-0.15, -0.1) is 0 Å². The van der Waals surface area contributed by atoms with Gasteiger partial charge in [0.2, 0.25) is 0 Å². The summed E-state index contributed by atoms with van der Waals surface area (Å²) < 4.78 is 0. The summed E-state index contributed by atoms with van der Waals surface area (Å²) in [5, 5.41) is 22.6. The molecule has 1 aromatic carbocycles. The maximum atomic E-state index is 9.97. The highest BCUT2D eigenvalue weighted by atomic mass is 16.3. The number of phenols is 1. The van der Waals surface area contributed by atoms with Gasteiger partial charge in [-0.05, 0) is 18.5 Å². The molecule has 1 atom stereocenters. The highest BCUT2D eigenvalue weighted by molar-refractivity contribution is 5.43. The van der Waals surface area contributed by atoms with Gasteiger partial charge in [-0.3, -0.25) is 0 Å². The van der Waals surface area contributed by atoms with E-state index in [9.17, 15) is 10.2 Å². The van der Waals surface area contributed by atoms with E-state index in [2.05, 4.69) is 5.32 Å². The van der Waals surface area contributed by atoms with E-state index >= 15 is 0 Å². The number of phenolic OH excluding ortho intramolecular Hbond substituents is 1. The van der Waals surface area contributed by atoms with Crippen molar-refractivity contribution >= 4 is 0 Å². The Morgan fingerprint density at radius 2 is 1.87 bits per heavy atom. The lowest BCUT2D eigenvalue weighted by Gasteiger charge is -2.16. The number of aromatic hydroxyl groups is 1. The van der Waals surface area contributed by atoms with E-state index in [1.807, 2.05) is 26.0 Å². The minimum Gasteiger partial charge on any atom is -0.507 e. The number of likely N-dealkylation sites (N-methyl/N-ethyl adjacent to an activating group) is 1. The van der Waals surface area contributed by atoms with Crippen molar-refractivity contribution in [2.45, 2.75) is 25.9 Å². The summed E-state index contributed by atoms with van der Waals surface area (Å²) in [6, 6.07) is 5.50. The maximum Gasteiger partial charge on any atom is 0.124 e. The first-order chi connectivity index (χ1) is 7.07. The van der Waals surface area contributed by atoms with Gasteiger partial charge < -0.3 is 15.5 Å². The third kappa shape index (κ3) is 2.70. The Morgan fingerprint density at radius 3 is 2.40 bits per heavy atom. The van der Waals surface area contributed by atoms with Gasteiger partial charge in [-0.1, -0.05) is 32.0 Å². The third-order valence-corrected chi connectivity index (χ3v) is 2.48. The molecular weight excluding hydrogens is 190 g/mol. The highest BCUT2D eigenvalue weighted by Gasteiger charge is 2.15. The summed E-state index contributed by atoms with van der Waals surface area (Å²) in [5.41, 5.74) is 1.47. The van der Waals surface area contributed by atoms with E-state index in [1.54, 1.807) is 13.1 Å². The van der Waals surface area contributed by atoms with Crippen molar-refractivity contribution in [1.82, 2.24) is 5.32 Å². The Morgan fingerprint density at radius 1 is 1.27 bits per heavy atom. The lowest BCUT2D eigenvalue weighted by atomic mass is 9.97.